The van der Waals surface area contributed by atoms with Crippen LogP contribution < -0.4 is 10.5 Å². The van der Waals surface area contributed by atoms with Crippen LogP contribution in [0.2, 0.25) is 10.0 Å². The van der Waals surface area contributed by atoms with Crippen LogP contribution in [0, 0.1) is 5.82 Å². The highest BCUT2D eigenvalue weighted by Gasteiger charge is 2.25. The Bertz CT molecular complexity index is 713. The Balaban J connectivity index is 2.22. The van der Waals surface area contributed by atoms with Gasteiger partial charge in [0.25, 0.3) is 0 Å². The van der Waals surface area contributed by atoms with Crippen molar-refractivity contribution in [1.29, 1.82) is 0 Å². The van der Waals surface area contributed by atoms with Gasteiger partial charge in [0, 0.05) is 17.7 Å². The van der Waals surface area contributed by atoms with Gasteiger partial charge in [-0.15, -0.1) is 0 Å². The summed E-state index contributed by atoms with van der Waals surface area (Å²) >= 11 is 12.4. The topological polar surface area (TPSA) is 55.5 Å². The van der Waals surface area contributed by atoms with Crippen LogP contribution in [0.3, 0.4) is 0 Å². The maximum absolute atomic E-state index is 13.9. The van der Waals surface area contributed by atoms with Crippen LogP contribution in [0.25, 0.3) is 11.1 Å². The molecular weight excluding hydrogens is 328 g/mol. The number of hydrogen-bond donors (Lipinski definition) is 2. The largest absolute Gasteiger partial charge is 0.508 e. The summed E-state index contributed by atoms with van der Waals surface area (Å²) in [5.41, 5.74) is 7.35. The van der Waals surface area contributed by atoms with Crippen LogP contribution in [-0.4, -0.2) is 17.8 Å². The lowest BCUT2D eigenvalue weighted by Crippen LogP contribution is -2.30. The number of fused-ring (bicyclic) bond motifs is 1. The third-order valence-electron chi connectivity index (χ3n) is 3.71. The van der Waals surface area contributed by atoms with Crippen LogP contribution in [0.4, 0.5) is 4.39 Å². The van der Waals surface area contributed by atoms with E-state index in [-0.39, 0.29) is 27.7 Å². The van der Waals surface area contributed by atoms with Gasteiger partial charge in [-0.05, 0) is 42.7 Å². The van der Waals surface area contributed by atoms with Crippen molar-refractivity contribution in [3.63, 3.8) is 0 Å². The van der Waals surface area contributed by atoms with E-state index in [4.69, 9.17) is 33.7 Å². The summed E-state index contributed by atoms with van der Waals surface area (Å²) in [5, 5.41) is 10.0. The van der Waals surface area contributed by atoms with Gasteiger partial charge in [-0.3, -0.25) is 0 Å². The molecule has 1 aliphatic heterocycles. The molecule has 3 nitrogen and oxygen atoms in total. The SMILES string of the molecule is NC[C@H]1CCc2cc(F)cc(-c3c(Cl)cc(O)cc3Cl)c2O1. The number of rotatable bonds is 2. The van der Waals surface area contributed by atoms with E-state index < -0.39 is 0 Å². The second kappa shape index (κ2) is 5.95. The summed E-state index contributed by atoms with van der Waals surface area (Å²) < 4.78 is 19.8. The molecule has 0 radical (unpaired) electrons. The third kappa shape index (κ3) is 2.74. The predicted octanol–water partition coefficient (Wildman–Crippen LogP) is 4.16. The Labute approximate surface area is 137 Å². The second-order valence-corrected chi connectivity index (χ2v) is 6.05. The van der Waals surface area contributed by atoms with Crippen molar-refractivity contribution >= 4 is 23.2 Å². The molecule has 3 rings (SSSR count). The highest BCUT2D eigenvalue weighted by Crippen LogP contribution is 2.45. The molecule has 3 N–H and O–H groups in total. The zero-order valence-electron chi connectivity index (χ0n) is 11.6. The Morgan fingerprint density at radius 2 is 1.91 bits per heavy atom. The van der Waals surface area contributed by atoms with Crippen molar-refractivity contribution in [2.45, 2.75) is 18.9 Å². The number of phenolic OH excluding ortho intramolecular Hbond substituents is 1. The first-order chi connectivity index (χ1) is 10.5. The Kier molecular flexibility index (Phi) is 4.17. The number of phenols is 1. The molecule has 6 heteroatoms. The van der Waals surface area contributed by atoms with Gasteiger partial charge in [-0.1, -0.05) is 23.2 Å². The minimum absolute atomic E-state index is 0.0511. The van der Waals surface area contributed by atoms with E-state index in [0.717, 1.165) is 12.0 Å². The van der Waals surface area contributed by atoms with Crippen molar-refractivity contribution in [2.24, 2.45) is 5.73 Å². The Hall–Kier alpha value is -1.49. The fourth-order valence-corrected chi connectivity index (χ4v) is 3.36. The molecule has 0 unspecified atom stereocenters. The van der Waals surface area contributed by atoms with E-state index in [0.29, 0.717) is 29.8 Å². The average Bonchev–Trinajstić information content (AvgIpc) is 2.45. The Morgan fingerprint density at radius 1 is 1.23 bits per heavy atom. The van der Waals surface area contributed by atoms with Gasteiger partial charge in [-0.2, -0.15) is 0 Å². The molecule has 0 aromatic heterocycles. The molecule has 0 amide bonds. The minimum Gasteiger partial charge on any atom is -0.508 e. The molecule has 1 atom stereocenters. The third-order valence-corrected chi connectivity index (χ3v) is 4.31. The van der Waals surface area contributed by atoms with E-state index in [1.165, 1.54) is 24.3 Å². The second-order valence-electron chi connectivity index (χ2n) is 5.24. The average molecular weight is 342 g/mol. The molecule has 0 bridgehead atoms. The molecule has 116 valence electrons. The normalized spacial score (nSPS) is 17.0. The van der Waals surface area contributed by atoms with Gasteiger partial charge >= 0.3 is 0 Å². The van der Waals surface area contributed by atoms with E-state index in [9.17, 15) is 9.50 Å². The van der Waals surface area contributed by atoms with Crippen LogP contribution >= 0.6 is 23.2 Å². The van der Waals surface area contributed by atoms with Crippen molar-refractivity contribution < 1.29 is 14.2 Å². The maximum Gasteiger partial charge on any atom is 0.131 e. The highest BCUT2D eigenvalue weighted by molar-refractivity contribution is 6.39. The standard InChI is InChI=1S/C16H14Cl2FNO2/c17-13-5-10(21)6-14(18)15(13)12-4-9(19)3-8-1-2-11(7-20)22-16(8)12/h3-6,11,21H,1-2,7,20H2/t11-/m1/s1. The lowest BCUT2D eigenvalue weighted by molar-refractivity contribution is 0.182. The summed E-state index contributed by atoms with van der Waals surface area (Å²) in [6, 6.07) is 5.52. The smallest absolute Gasteiger partial charge is 0.131 e. The van der Waals surface area contributed by atoms with Crippen LogP contribution in [0.5, 0.6) is 11.5 Å². The molecule has 1 heterocycles. The minimum atomic E-state index is -0.385. The van der Waals surface area contributed by atoms with E-state index in [1.54, 1.807) is 0 Å². The van der Waals surface area contributed by atoms with Crippen molar-refractivity contribution in [1.82, 2.24) is 0 Å². The molecule has 0 spiro atoms. The number of aromatic hydroxyl groups is 1. The van der Waals surface area contributed by atoms with Crippen molar-refractivity contribution in [2.75, 3.05) is 6.54 Å². The zero-order chi connectivity index (χ0) is 15.9. The van der Waals surface area contributed by atoms with Crippen LogP contribution in [-0.2, 0) is 6.42 Å². The first kappa shape index (κ1) is 15.4. The van der Waals surface area contributed by atoms with Gasteiger partial charge in [-0.25, -0.2) is 4.39 Å². The number of aryl methyl sites for hydroxylation is 1. The number of nitrogens with two attached hydrogens (primary N) is 1. The number of hydrogen-bond acceptors (Lipinski definition) is 3. The monoisotopic (exact) mass is 341 g/mol. The molecule has 22 heavy (non-hydrogen) atoms. The molecule has 2 aromatic carbocycles. The molecular formula is C16H14Cl2FNO2. The fourth-order valence-electron chi connectivity index (χ4n) is 2.69. The molecule has 2 aromatic rings. The van der Waals surface area contributed by atoms with Gasteiger partial charge in [0.15, 0.2) is 0 Å². The summed E-state index contributed by atoms with van der Waals surface area (Å²) in [6.07, 6.45) is 1.30. The number of ether oxygens (including phenoxy) is 1. The molecule has 0 saturated carbocycles. The highest BCUT2D eigenvalue weighted by atomic mass is 35.5. The van der Waals surface area contributed by atoms with Gasteiger partial charge in [0.2, 0.25) is 0 Å². The summed E-state index contributed by atoms with van der Waals surface area (Å²) in [6.45, 7) is 0.382. The fraction of sp³-hybridized carbons (Fsp3) is 0.250. The maximum atomic E-state index is 13.9. The quantitative estimate of drug-likeness (QED) is 0.862. The van der Waals surface area contributed by atoms with Gasteiger partial charge in [0.05, 0.1) is 10.0 Å². The summed E-state index contributed by atoms with van der Waals surface area (Å²) in [7, 11) is 0. The van der Waals surface area contributed by atoms with Gasteiger partial charge in [0.1, 0.15) is 23.4 Å². The molecule has 1 aliphatic rings. The van der Waals surface area contributed by atoms with E-state index in [2.05, 4.69) is 0 Å². The lowest BCUT2D eigenvalue weighted by Gasteiger charge is -2.27. The predicted molar refractivity (Wildman–Crippen MR) is 85.3 cm³/mol. The first-order valence-corrected chi connectivity index (χ1v) is 7.62. The molecule has 0 saturated heterocycles. The van der Waals surface area contributed by atoms with Gasteiger partial charge < -0.3 is 15.6 Å². The van der Waals surface area contributed by atoms with Crippen molar-refractivity contribution in [3.8, 4) is 22.6 Å². The molecule has 0 fully saturated rings. The number of halogens is 3. The zero-order valence-corrected chi connectivity index (χ0v) is 13.1. The van der Waals surface area contributed by atoms with Crippen LogP contribution in [0.15, 0.2) is 24.3 Å². The summed E-state index contributed by atoms with van der Waals surface area (Å²) in [4.78, 5) is 0. The summed E-state index contributed by atoms with van der Waals surface area (Å²) in [5.74, 6) is 0.117. The molecule has 0 aliphatic carbocycles. The first-order valence-electron chi connectivity index (χ1n) is 6.87. The lowest BCUT2D eigenvalue weighted by atomic mass is 9.95. The van der Waals surface area contributed by atoms with E-state index >= 15 is 0 Å². The van der Waals surface area contributed by atoms with Crippen LogP contribution in [0.1, 0.15) is 12.0 Å². The number of benzene rings is 2. The van der Waals surface area contributed by atoms with Crippen molar-refractivity contribution in [3.05, 3.63) is 45.7 Å². The Morgan fingerprint density at radius 3 is 2.55 bits per heavy atom. The van der Waals surface area contributed by atoms with E-state index in [1.807, 2.05) is 0 Å².